The number of nitrogens with one attached hydrogen (secondary N) is 2. The predicted octanol–water partition coefficient (Wildman–Crippen LogP) is -0.262. The highest BCUT2D eigenvalue weighted by atomic mass is 16.5. The maximum atomic E-state index is 11.5. The number of hydrogen-bond acceptors (Lipinski definition) is 5. The number of nitrogens with zero attached hydrogens (tertiary/aromatic N) is 1. The second kappa shape index (κ2) is 8.12. The van der Waals surface area contributed by atoms with E-state index in [1.807, 2.05) is 6.92 Å². The number of hydrogen-bond donors (Lipinski definition) is 2. The minimum Gasteiger partial charge on any atom is -0.468 e. The van der Waals surface area contributed by atoms with Gasteiger partial charge in [-0.2, -0.15) is 0 Å². The molecule has 19 heavy (non-hydrogen) atoms. The number of carbonyl (C=O) groups excluding carboxylic acids is 2. The van der Waals surface area contributed by atoms with Gasteiger partial charge < -0.3 is 15.4 Å². The lowest BCUT2D eigenvalue weighted by Crippen LogP contribution is -2.50. The molecule has 6 heteroatoms. The standard InChI is InChI=1S/C13H25N3O3/c1-4-11(13(18)19-3)15-10-5-7-16(8-6-10)9-12(17)14-2/h10-11,15H,4-9H2,1-3H3,(H,14,17). The van der Waals surface area contributed by atoms with Crippen LogP contribution in [0.1, 0.15) is 26.2 Å². The number of likely N-dealkylation sites (N-methyl/N-ethyl adjacent to an activating group) is 1. The Bertz CT molecular complexity index is 302. The van der Waals surface area contributed by atoms with Crippen LogP contribution in [0.25, 0.3) is 0 Å². The first-order valence-electron chi connectivity index (χ1n) is 6.87. The van der Waals surface area contributed by atoms with Gasteiger partial charge in [-0.05, 0) is 19.3 Å². The molecule has 110 valence electrons. The molecule has 1 aliphatic heterocycles. The lowest BCUT2D eigenvalue weighted by molar-refractivity contribution is -0.143. The molecule has 0 saturated carbocycles. The molecule has 1 fully saturated rings. The van der Waals surface area contributed by atoms with Gasteiger partial charge in [-0.15, -0.1) is 0 Å². The lowest BCUT2D eigenvalue weighted by Gasteiger charge is -2.33. The van der Waals surface area contributed by atoms with Crippen LogP contribution >= 0.6 is 0 Å². The van der Waals surface area contributed by atoms with E-state index in [2.05, 4.69) is 15.5 Å². The first-order chi connectivity index (χ1) is 9.10. The number of piperidine rings is 1. The molecule has 0 bridgehead atoms. The molecule has 1 aliphatic rings. The molecule has 1 amide bonds. The molecule has 1 saturated heterocycles. The van der Waals surface area contributed by atoms with E-state index in [4.69, 9.17) is 4.74 Å². The van der Waals surface area contributed by atoms with Crippen LogP contribution in [0, 0.1) is 0 Å². The zero-order chi connectivity index (χ0) is 14.3. The van der Waals surface area contributed by atoms with Crippen molar-refractivity contribution in [3.8, 4) is 0 Å². The third-order valence-electron chi connectivity index (χ3n) is 3.56. The van der Waals surface area contributed by atoms with Crippen molar-refractivity contribution in [2.45, 2.75) is 38.3 Å². The summed E-state index contributed by atoms with van der Waals surface area (Å²) in [6.45, 7) is 4.18. The normalized spacial score (nSPS) is 18.9. The molecule has 0 radical (unpaired) electrons. The Morgan fingerprint density at radius 2 is 2.00 bits per heavy atom. The van der Waals surface area contributed by atoms with Crippen LogP contribution in [-0.2, 0) is 14.3 Å². The van der Waals surface area contributed by atoms with E-state index in [9.17, 15) is 9.59 Å². The SMILES string of the molecule is CCC(NC1CCN(CC(=O)NC)CC1)C(=O)OC. The van der Waals surface area contributed by atoms with Crippen LogP contribution in [0.2, 0.25) is 0 Å². The molecule has 0 aliphatic carbocycles. The Labute approximate surface area is 114 Å². The number of ether oxygens (including phenoxy) is 1. The van der Waals surface area contributed by atoms with Gasteiger partial charge in [0.1, 0.15) is 6.04 Å². The second-order valence-corrected chi connectivity index (χ2v) is 4.87. The fourth-order valence-electron chi connectivity index (χ4n) is 2.32. The molecule has 2 N–H and O–H groups in total. The molecule has 1 heterocycles. The predicted molar refractivity (Wildman–Crippen MR) is 72.8 cm³/mol. The van der Waals surface area contributed by atoms with Crippen molar-refractivity contribution in [1.82, 2.24) is 15.5 Å². The van der Waals surface area contributed by atoms with Crippen molar-refractivity contribution in [3.05, 3.63) is 0 Å². The van der Waals surface area contributed by atoms with Gasteiger partial charge in [-0.25, -0.2) is 0 Å². The van der Waals surface area contributed by atoms with Crippen molar-refractivity contribution in [3.63, 3.8) is 0 Å². The largest absolute Gasteiger partial charge is 0.468 e. The highest BCUT2D eigenvalue weighted by Gasteiger charge is 2.25. The Morgan fingerprint density at radius 1 is 1.37 bits per heavy atom. The molecule has 0 aromatic heterocycles. The molecule has 0 aromatic rings. The summed E-state index contributed by atoms with van der Waals surface area (Å²) in [5.74, 6) is -0.150. The van der Waals surface area contributed by atoms with Crippen LogP contribution < -0.4 is 10.6 Å². The second-order valence-electron chi connectivity index (χ2n) is 4.87. The Morgan fingerprint density at radius 3 is 2.47 bits per heavy atom. The molecular formula is C13H25N3O3. The summed E-state index contributed by atoms with van der Waals surface area (Å²) in [6, 6.07) is 0.102. The maximum Gasteiger partial charge on any atom is 0.322 e. The van der Waals surface area contributed by atoms with Gasteiger partial charge in [-0.3, -0.25) is 14.5 Å². The van der Waals surface area contributed by atoms with E-state index in [1.54, 1.807) is 7.05 Å². The Kier molecular flexibility index (Phi) is 6.80. The zero-order valence-electron chi connectivity index (χ0n) is 12.1. The summed E-state index contributed by atoms with van der Waals surface area (Å²) >= 11 is 0. The van der Waals surface area contributed by atoms with E-state index in [0.29, 0.717) is 12.6 Å². The summed E-state index contributed by atoms with van der Waals surface area (Å²) in [7, 11) is 3.07. The van der Waals surface area contributed by atoms with E-state index >= 15 is 0 Å². The first-order valence-corrected chi connectivity index (χ1v) is 6.87. The lowest BCUT2D eigenvalue weighted by atomic mass is 10.0. The average molecular weight is 271 g/mol. The Balaban J connectivity index is 2.33. The van der Waals surface area contributed by atoms with Crippen molar-refractivity contribution in [2.24, 2.45) is 0 Å². The smallest absolute Gasteiger partial charge is 0.322 e. The number of esters is 1. The van der Waals surface area contributed by atoms with Crippen LogP contribution in [0.4, 0.5) is 0 Å². The van der Waals surface area contributed by atoms with Gasteiger partial charge in [-0.1, -0.05) is 6.92 Å². The number of likely N-dealkylation sites (tertiary alicyclic amines) is 1. The number of methoxy groups -OCH3 is 1. The van der Waals surface area contributed by atoms with Crippen LogP contribution in [-0.4, -0.2) is 62.7 Å². The molecular weight excluding hydrogens is 246 g/mol. The number of carbonyl (C=O) groups is 2. The van der Waals surface area contributed by atoms with E-state index < -0.39 is 0 Å². The summed E-state index contributed by atoms with van der Waals surface area (Å²) in [5.41, 5.74) is 0. The highest BCUT2D eigenvalue weighted by Crippen LogP contribution is 2.11. The maximum absolute atomic E-state index is 11.5. The molecule has 0 aromatic carbocycles. The minimum atomic E-state index is -0.222. The van der Waals surface area contributed by atoms with Crippen molar-refractivity contribution in [1.29, 1.82) is 0 Å². The van der Waals surface area contributed by atoms with Gasteiger partial charge >= 0.3 is 5.97 Å². The van der Waals surface area contributed by atoms with Gasteiger partial charge in [0.15, 0.2) is 0 Å². The van der Waals surface area contributed by atoms with E-state index in [1.165, 1.54) is 7.11 Å². The monoisotopic (exact) mass is 271 g/mol. The van der Waals surface area contributed by atoms with Crippen LogP contribution in [0.3, 0.4) is 0 Å². The number of amides is 1. The number of rotatable bonds is 6. The van der Waals surface area contributed by atoms with Crippen molar-refractivity contribution < 1.29 is 14.3 Å². The summed E-state index contributed by atoms with van der Waals surface area (Å²) in [4.78, 5) is 24.9. The minimum absolute atomic E-state index is 0.0485. The highest BCUT2D eigenvalue weighted by molar-refractivity contribution is 5.77. The molecule has 6 nitrogen and oxygen atoms in total. The third-order valence-corrected chi connectivity index (χ3v) is 3.56. The van der Waals surface area contributed by atoms with Crippen molar-refractivity contribution in [2.75, 3.05) is 33.8 Å². The Hall–Kier alpha value is -1.14. The van der Waals surface area contributed by atoms with Gasteiger partial charge in [0.05, 0.1) is 13.7 Å². The summed E-state index contributed by atoms with van der Waals surface area (Å²) in [6.07, 6.45) is 2.63. The average Bonchev–Trinajstić information content (AvgIpc) is 2.45. The molecule has 1 rings (SSSR count). The molecule has 1 atom stereocenters. The van der Waals surface area contributed by atoms with Gasteiger partial charge in [0, 0.05) is 26.2 Å². The molecule has 0 spiro atoms. The summed E-state index contributed by atoms with van der Waals surface area (Å²) in [5, 5.41) is 5.97. The van der Waals surface area contributed by atoms with Crippen LogP contribution in [0.5, 0.6) is 0 Å². The van der Waals surface area contributed by atoms with Gasteiger partial charge in [0.2, 0.25) is 5.91 Å². The third kappa shape index (κ3) is 5.16. The van der Waals surface area contributed by atoms with E-state index in [0.717, 1.165) is 32.4 Å². The van der Waals surface area contributed by atoms with Crippen molar-refractivity contribution >= 4 is 11.9 Å². The quantitative estimate of drug-likeness (QED) is 0.651. The van der Waals surface area contributed by atoms with Crippen LogP contribution in [0.15, 0.2) is 0 Å². The zero-order valence-corrected chi connectivity index (χ0v) is 12.1. The van der Waals surface area contributed by atoms with E-state index in [-0.39, 0.29) is 17.9 Å². The summed E-state index contributed by atoms with van der Waals surface area (Å²) < 4.78 is 4.77. The fourth-order valence-corrected chi connectivity index (χ4v) is 2.32. The topological polar surface area (TPSA) is 70.7 Å². The molecule has 1 unspecified atom stereocenters. The fraction of sp³-hybridized carbons (Fsp3) is 0.846. The van der Waals surface area contributed by atoms with Gasteiger partial charge in [0.25, 0.3) is 0 Å². The first kappa shape index (κ1) is 15.9.